The van der Waals surface area contributed by atoms with Crippen molar-refractivity contribution in [1.29, 1.82) is 0 Å². The minimum absolute atomic E-state index is 0.369. The highest BCUT2D eigenvalue weighted by atomic mass is 16.3. The number of nitrogens with one attached hydrogen (secondary N) is 1. The fourth-order valence-corrected chi connectivity index (χ4v) is 10.3. The van der Waals surface area contributed by atoms with Gasteiger partial charge in [0.1, 0.15) is 12.2 Å². The summed E-state index contributed by atoms with van der Waals surface area (Å²) in [5.41, 5.74) is 0. The van der Waals surface area contributed by atoms with Crippen LogP contribution in [0, 0.1) is 0 Å². The summed E-state index contributed by atoms with van der Waals surface area (Å²) >= 11 is 0. The molecule has 0 saturated heterocycles. The Morgan fingerprint density at radius 1 is 0.348 bits per heavy atom. The molecule has 6 heteroatoms. The predicted molar refractivity (Wildman–Crippen MR) is 302 cm³/mol. The maximum atomic E-state index is 12.6. The quantitative estimate of drug-likeness (QED) is 0.0308. The number of allylic oxidation sites excluding steroid dienone is 2. The number of carbonyl (C=O) groups excluding carboxylic acids is 1. The maximum absolute atomic E-state index is 12.6. The number of aliphatic hydroxyl groups excluding tert-OH is 4. The molecule has 0 radical (unpaired) electrons. The fourth-order valence-electron chi connectivity index (χ4n) is 10.3. The van der Waals surface area contributed by atoms with Gasteiger partial charge < -0.3 is 25.7 Å². The summed E-state index contributed by atoms with van der Waals surface area (Å²) in [6.45, 7) is 4.10. The molecule has 4 atom stereocenters. The van der Waals surface area contributed by atoms with E-state index < -0.39 is 36.9 Å². The zero-order chi connectivity index (χ0) is 50.2. The third-order valence-corrected chi connectivity index (χ3v) is 15.2. The van der Waals surface area contributed by atoms with Crippen LogP contribution in [0.1, 0.15) is 354 Å². The number of unbranched alkanes of at least 4 members (excludes halogenated alkanes) is 48. The van der Waals surface area contributed by atoms with Crippen molar-refractivity contribution in [3.63, 3.8) is 0 Å². The molecule has 0 heterocycles. The minimum atomic E-state index is -1.28. The molecule has 0 rings (SSSR count). The van der Waals surface area contributed by atoms with Crippen LogP contribution in [0.5, 0.6) is 0 Å². The van der Waals surface area contributed by atoms with Crippen molar-refractivity contribution in [2.24, 2.45) is 0 Å². The van der Waals surface area contributed by atoms with E-state index in [4.69, 9.17) is 0 Å². The lowest BCUT2D eigenvalue weighted by Crippen LogP contribution is -2.53. The Morgan fingerprint density at radius 3 is 0.870 bits per heavy atom. The molecule has 5 N–H and O–H groups in total. The van der Waals surface area contributed by atoms with Gasteiger partial charge in [-0.25, -0.2) is 0 Å². The second-order valence-electron chi connectivity index (χ2n) is 22.1. The van der Waals surface area contributed by atoms with Gasteiger partial charge in [0, 0.05) is 0 Å². The molecule has 0 saturated carbocycles. The molecular formula is C63H125NO5. The molecule has 0 fully saturated rings. The lowest BCUT2D eigenvalue weighted by atomic mass is 10.00. The first-order valence-electron chi connectivity index (χ1n) is 31.6. The number of rotatable bonds is 59. The van der Waals surface area contributed by atoms with Gasteiger partial charge in [-0.2, -0.15) is 0 Å². The largest absolute Gasteiger partial charge is 0.394 e. The highest BCUT2D eigenvalue weighted by Crippen LogP contribution is 2.19. The number of hydrogen-bond donors (Lipinski definition) is 5. The van der Waals surface area contributed by atoms with E-state index >= 15 is 0 Å². The topological polar surface area (TPSA) is 110 Å². The monoisotopic (exact) mass is 976 g/mol. The number of amides is 1. The van der Waals surface area contributed by atoms with Crippen molar-refractivity contribution in [3.8, 4) is 0 Å². The van der Waals surface area contributed by atoms with Gasteiger partial charge in [0.05, 0.1) is 18.8 Å². The van der Waals surface area contributed by atoms with Crippen molar-refractivity contribution in [2.45, 2.75) is 379 Å². The number of hydrogen-bond acceptors (Lipinski definition) is 5. The molecule has 4 unspecified atom stereocenters. The normalized spacial score (nSPS) is 13.7. The summed E-state index contributed by atoms with van der Waals surface area (Å²) in [7, 11) is 0. The molecule has 0 bridgehead atoms. The van der Waals surface area contributed by atoms with Crippen LogP contribution < -0.4 is 5.32 Å². The molecule has 0 aliphatic heterocycles. The van der Waals surface area contributed by atoms with Gasteiger partial charge in [-0.3, -0.25) is 4.79 Å². The van der Waals surface area contributed by atoms with Crippen molar-refractivity contribution in [1.82, 2.24) is 5.32 Å². The van der Waals surface area contributed by atoms with Crippen LogP contribution in [0.2, 0.25) is 0 Å². The van der Waals surface area contributed by atoms with Crippen molar-refractivity contribution < 1.29 is 25.2 Å². The first kappa shape index (κ1) is 68.0. The molecular weight excluding hydrogens is 851 g/mol. The molecule has 6 nitrogen and oxygen atoms in total. The van der Waals surface area contributed by atoms with E-state index in [1.807, 2.05) is 0 Å². The van der Waals surface area contributed by atoms with Crippen LogP contribution in [0.3, 0.4) is 0 Å². The van der Waals surface area contributed by atoms with Gasteiger partial charge in [-0.1, -0.05) is 328 Å². The molecule has 1 amide bonds. The molecule has 0 aromatic carbocycles. The highest BCUT2D eigenvalue weighted by molar-refractivity contribution is 5.80. The molecule has 0 aromatic heterocycles. The Morgan fingerprint density at radius 2 is 0.594 bits per heavy atom. The first-order chi connectivity index (χ1) is 34.0. The van der Waals surface area contributed by atoms with Crippen molar-refractivity contribution >= 4 is 5.91 Å². The summed E-state index contributed by atoms with van der Waals surface area (Å²) in [4.78, 5) is 12.6. The maximum Gasteiger partial charge on any atom is 0.249 e. The second-order valence-corrected chi connectivity index (χ2v) is 22.1. The van der Waals surface area contributed by atoms with E-state index in [0.29, 0.717) is 12.8 Å². The zero-order valence-corrected chi connectivity index (χ0v) is 46.8. The van der Waals surface area contributed by atoms with Crippen LogP contribution in [0.15, 0.2) is 12.2 Å². The lowest BCUT2D eigenvalue weighted by molar-refractivity contribution is -0.132. The minimum Gasteiger partial charge on any atom is -0.394 e. The average Bonchev–Trinajstić information content (AvgIpc) is 3.35. The summed E-state index contributed by atoms with van der Waals surface area (Å²) < 4.78 is 0. The van der Waals surface area contributed by atoms with Crippen molar-refractivity contribution in [2.75, 3.05) is 6.61 Å². The van der Waals surface area contributed by atoms with Crippen LogP contribution in [-0.2, 0) is 4.79 Å². The third kappa shape index (κ3) is 51.7. The van der Waals surface area contributed by atoms with Gasteiger partial charge in [0.2, 0.25) is 5.91 Å². The highest BCUT2D eigenvalue weighted by Gasteiger charge is 2.28. The molecule has 0 spiro atoms. The lowest BCUT2D eigenvalue weighted by Gasteiger charge is -2.27. The van der Waals surface area contributed by atoms with Gasteiger partial charge in [0.15, 0.2) is 0 Å². The van der Waals surface area contributed by atoms with Crippen molar-refractivity contribution in [3.05, 3.63) is 12.2 Å². The second kappa shape index (κ2) is 57.9. The fraction of sp³-hybridized carbons (Fsp3) is 0.952. The summed E-state index contributed by atoms with van der Waals surface area (Å²) in [5.74, 6) is -0.585. The first-order valence-corrected chi connectivity index (χ1v) is 31.6. The van der Waals surface area contributed by atoms with E-state index in [2.05, 4.69) is 31.3 Å². The smallest absolute Gasteiger partial charge is 0.249 e. The summed E-state index contributed by atoms with van der Waals surface area (Å²) in [5, 5.41) is 44.1. The number of aliphatic hydroxyl groups is 4. The molecule has 0 aliphatic carbocycles. The Bertz CT molecular complexity index is 1010. The van der Waals surface area contributed by atoms with Gasteiger partial charge in [0.25, 0.3) is 0 Å². The van der Waals surface area contributed by atoms with Gasteiger partial charge in [-0.15, -0.1) is 0 Å². The predicted octanol–water partition coefficient (Wildman–Crippen LogP) is 18.8. The van der Waals surface area contributed by atoms with Crippen LogP contribution in [0.25, 0.3) is 0 Å². The van der Waals surface area contributed by atoms with Crippen LogP contribution in [-0.4, -0.2) is 57.3 Å². The SMILES string of the molecule is CCCCCCCCCCCCCCCCCCCCCCCCCC/C=C/CCCC(O)C(O)C(CO)NC(=O)C(O)CCCCCCCCCCCCCCCCCCCCCCCCCC. The Balaban J connectivity index is 3.58. The van der Waals surface area contributed by atoms with E-state index in [1.165, 1.54) is 289 Å². The molecule has 0 aliphatic rings. The Labute approximate surface area is 432 Å². The van der Waals surface area contributed by atoms with Crippen LogP contribution in [0.4, 0.5) is 0 Å². The Hall–Kier alpha value is -0.950. The van der Waals surface area contributed by atoms with Gasteiger partial charge >= 0.3 is 0 Å². The van der Waals surface area contributed by atoms with E-state index in [0.717, 1.165) is 38.5 Å². The average molecular weight is 977 g/mol. The Kier molecular flexibility index (Phi) is 57.1. The number of carbonyl (C=O) groups is 1. The van der Waals surface area contributed by atoms with E-state index in [-0.39, 0.29) is 0 Å². The van der Waals surface area contributed by atoms with E-state index in [9.17, 15) is 25.2 Å². The summed E-state index contributed by atoms with van der Waals surface area (Å²) in [6, 6.07) is -0.999. The zero-order valence-electron chi connectivity index (χ0n) is 46.8. The van der Waals surface area contributed by atoms with Crippen LogP contribution >= 0.6 is 0 Å². The summed E-state index contributed by atoms with van der Waals surface area (Å²) in [6.07, 6.45) is 70.3. The molecule has 69 heavy (non-hydrogen) atoms. The van der Waals surface area contributed by atoms with Gasteiger partial charge in [-0.05, 0) is 38.5 Å². The molecule has 412 valence electrons. The standard InChI is InChI=1S/C63H125NO5/c1-3-5-7-9-11-13-15-17-19-21-23-25-27-29-30-31-32-33-35-36-38-40-42-44-46-48-50-52-54-56-60(66)62(68)59(58-65)64-63(69)61(67)57-55-53-51-49-47-45-43-41-39-37-34-28-26-24-22-20-18-16-14-12-10-8-6-4-2/h48,50,59-62,65-68H,3-47,49,51-58H2,1-2H3,(H,64,69)/b50-48+. The molecule has 0 aromatic rings. The van der Waals surface area contributed by atoms with E-state index in [1.54, 1.807) is 0 Å². The third-order valence-electron chi connectivity index (χ3n) is 15.2.